The van der Waals surface area contributed by atoms with Crippen molar-refractivity contribution in [2.45, 2.75) is 20.0 Å². The lowest BCUT2D eigenvalue weighted by Crippen LogP contribution is -2.10. The lowest BCUT2D eigenvalue weighted by Gasteiger charge is -2.11. The van der Waals surface area contributed by atoms with Gasteiger partial charge in [-0.2, -0.15) is 0 Å². The van der Waals surface area contributed by atoms with Crippen molar-refractivity contribution in [2.24, 2.45) is 5.73 Å². The van der Waals surface area contributed by atoms with Crippen LogP contribution in [0.2, 0.25) is 0 Å². The van der Waals surface area contributed by atoms with E-state index in [1.807, 2.05) is 13.1 Å². The largest absolute Gasteiger partial charge is 0.327 e. The average molecular weight is 251 g/mol. The topological polar surface area (TPSA) is 43.8 Å². The first-order chi connectivity index (χ1) is 9.29. The monoisotopic (exact) mass is 251 g/mol. The van der Waals surface area contributed by atoms with E-state index < -0.39 is 0 Å². The molecule has 0 saturated carbocycles. The first kappa shape index (κ1) is 11.9. The van der Waals surface area contributed by atoms with E-state index in [1.54, 1.807) is 0 Å². The van der Waals surface area contributed by atoms with E-state index in [1.165, 1.54) is 16.3 Å². The van der Waals surface area contributed by atoms with E-state index in [0.29, 0.717) is 6.54 Å². The molecule has 2 aromatic carbocycles. The van der Waals surface area contributed by atoms with Crippen molar-refractivity contribution in [1.82, 2.24) is 9.55 Å². The number of benzene rings is 2. The van der Waals surface area contributed by atoms with E-state index in [9.17, 15) is 0 Å². The number of fused-ring (bicyclic) bond motifs is 1. The molecule has 19 heavy (non-hydrogen) atoms. The molecule has 0 radical (unpaired) electrons. The van der Waals surface area contributed by atoms with Gasteiger partial charge in [0.05, 0.1) is 5.69 Å². The summed E-state index contributed by atoms with van der Waals surface area (Å²) < 4.78 is 2.18. The van der Waals surface area contributed by atoms with Gasteiger partial charge in [0, 0.05) is 19.3 Å². The zero-order valence-corrected chi connectivity index (χ0v) is 11.0. The smallest absolute Gasteiger partial charge is 0.106 e. The minimum atomic E-state index is 0.519. The molecular formula is C16H17N3. The summed E-state index contributed by atoms with van der Waals surface area (Å²) in [4.78, 5) is 4.35. The van der Waals surface area contributed by atoms with Crippen LogP contribution in [0.5, 0.6) is 0 Å². The molecule has 1 heterocycles. The molecule has 0 fully saturated rings. The molecule has 0 aliphatic rings. The molecule has 0 saturated heterocycles. The highest BCUT2D eigenvalue weighted by molar-refractivity contribution is 5.85. The Morgan fingerprint density at radius 3 is 2.74 bits per heavy atom. The Hall–Kier alpha value is -2.13. The quantitative estimate of drug-likeness (QED) is 0.778. The molecule has 3 rings (SSSR count). The minimum absolute atomic E-state index is 0.519. The van der Waals surface area contributed by atoms with E-state index in [2.05, 4.69) is 52.0 Å². The molecule has 3 aromatic rings. The molecule has 1 aromatic heterocycles. The Morgan fingerprint density at radius 2 is 1.89 bits per heavy atom. The van der Waals surface area contributed by atoms with Crippen LogP contribution in [0, 0.1) is 6.92 Å². The second-order valence-corrected chi connectivity index (χ2v) is 4.73. The van der Waals surface area contributed by atoms with Crippen LogP contribution < -0.4 is 5.73 Å². The summed E-state index contributed by atoms with van der Waals surface area (Å²) in [5, 5.41) is 2.56. The average Bonchev–Trinajstić information content (AvgIpc) is 2.80. The minimum Gasteiger partial charge on any atom is -0.327 e. The van der Waals surface area contributed by atoms with Crippen LogP contribution in [0.3, 0.4) is 0 Å². The van der Waals surface area contributed by atoms with Crippen molar-refractivity contribution in [1.29, 1.82) is 0 Å². The predicted octanol–water partition coefficient (Wildman–Crippen LogP) is 2.85. The number of hydrogen-bond acceptors (Lipinski definition) is 2. The Kier molecular flexibility index (Phi) is 3.05. The zero-order chi connectivity index (χ0) is 13.2. The van der Waals surface area contributed by atoms with Crippen LogP contribution in [-0.4, -0.2) is 9.55 Å². The summed E-state index contributed by atoms with van der Waals surface area (Å²) in [7, 11) is 0. The number of hydrogen-bond donors (Lipinski definition) is 1. The number of aryl methyl sites for hydroxylation is 1. The molecule has 2 N–H and O–H groups in total. The predicted molar refractivity (Wildman–Crippen MR) is 77.9 cm³/mol. The summed E-state index contributed by atoms with van der Waals surface area (Å²) in [5.74, 6) is 1.01. The highest BCUT2D eigenvalue weighted by Gasteiger charge is 2.07. The van der Waals surface area contributed by atoms with Crippen molar-refractivity contribution in [3.8, 4) is 0 Å². The number of imidazole rings is 1. The first-order valence-electron chi connectivity index (χ1n) is 6.47. The van der Waals surface area contributed by atoms with Crippen molar-refractivity contribution in [3.63, 3.8) is 0 Å². The molecule has 0 amide bonds. The van der Waals surface area contributed by atoms with E-state index in [-0.39, 0.29) is 0 Å². The van der Waals surface area contributed by atoms with Crippen LogP contribution in [0.1, 0.15) is 17.1 Å². The normalized spacial score (nSPS) is 11.1. The maximum absolute atomic E-state index is 5.77. The number of nitrogens with two attached hydrogens (primary N) is 1. The van der Waals surface area contributed by atoms with Gasteiger partial charge in [-0.3, -0.25) is 0 Å². The molecule has 0 bridgehead atoms. The van der Waals surface area contributed by atoms with Gasteiger partial charge in [-0.1, -0.05) is 42.5 Å². The number of rotatable bonds is 3. The lowest BCUT2D eigenvalue weighted by molar-refractivity contribution is 0.717. The summed E-state index contributed by atoms with van der Waals surface area (Å²) in [6.45, 7) is 3.36. The first-order valence-corrected chi connectivity index (χ1v) is 6.47. The molecule has 0 aliphatic carbocycles. The van der Waals surface area contributed by atoms with Crippen molar-refractivity contribution in [2.75, 3.05) is 0 Å². The van der Waals surface area contributed by atoms with Gasteiger partial charge in [-0.25, -0.2) is 4.98 Å². The van der Waals surface area contributed by atoms with Gasteiger partial charge >= 0.3 is 0 Å². The zero-order valence-electron chi connectivity index (χ0n) is 11.0. The van der Waals surface area contributed by atoms with Gasteiger partial charge in [0.25, 0.3) is 0 Å². The van der Waals surface area contributed by atoms with Crippen molar-refractivity contribution < 1.29 is 0 Å². The van der Waals surface area contributed by atoms with Crippen molar-refractivity contribution in [3.05, 3.63) is 65.7 Å². The van der Waals surface area contributed by atoms with Crippen molar-refractivity contribution >= 4 is 10.8 Å². The molecule has 0 spiro atoms. The molecule has 0 unspecified atom stereocenters. The Labute approximate surface area is 112 Å². The lowest BCUT2D eigenvalue weighted by atomic mass is 10.0. The second-order valence-electron chi connectivity index (χ2n) is 4.73. The summed E-state index contributed by atoms with van der Waals surface area (Å²) >= 11 is 0. The van der Waals surface area contributed by atoms with Gasteiger partial charge in [0.2, 0.25) is 0 Å². The second kappa shape index (κ2) is 4.86. The molecule has 3 heteroatoms. The molecule has 3 nitrogen and oxygen atoms in total. The van der Waals surface area contributed by atoms with Gasteiger partial charge in [0.15, 0.2) is 0 Å². The molecule has 0 atom stereocenters. The summed E-state index contributed by atoms with van der Waals surface area (Å²) in [6, 6.07) is 14.9. The van der Waals surface area contributed by atoms with Crippen LogP contribution in [0.4, 0.5) is 0 Å². The van der Waals surface area contributed by atoms with Crippen LogP contribution in [-0.2, 0) is 13.1 Å². The van der Waals surface area contributed by atoms with E-state index in [0.717, 1.165) is 18.1 Å². The van der Waals surface area contributed by atoms with Gasteiger partial charge in [-0.15, -0.1) is 0 Å². The number of nitrogens with zero attached hydrogens (tertiary/aromatic N) is 2. The Morgan fingerprint density at radius 1 is 1.11 bits per heavy atom. The molecule has 96 valence electrons. The fraction of sp³-hybridized carbons (Fsp3) is 0.188. The fourth-order valence-electron chi connectivity index (χ4n) is 2.49. The fourth-order valence-corrected chi connectivity index (χ4v) is 2.49. The third-order valence-electron chi connectivity index (χ3n) is 3.56. The maximum Gasteiger partial charge on any atom is 0.106 e. The van der Waals surface area contributed by atoms with E-state index in [4.69, 9.17) is 5.73 Å². The number of aromatic nitrogens is 2. The van der Waals surface area contributed by atoms with Crippen LogP contribution in [0.25, 0.3) is 10.8 Å². The third kappa shape index (κ3) is 2.13. The third-order valence-corrected chi connectivity index (χ3v) is 3.56. The standard InChI is InChI=1S/C16H17N3/c1-12-18-10-15(9-17)19(12)11-14-7-4-6-13-5-2-3-8-16(13)14/h2-8,10H,9,11,17H2,1H3. The highest BCUT2D eigenvalue weighted by Crippen LogP contribution is 2.20. The molecule has 0 aliphatic heterocycles. The maximum atomic E-state index is 5.77. The highest BCUT2D eigenvalue weighted by atomic mass is 15.1. The summed E-state index contributed by atoms with van der Waals surface area (Å²) in [5.41, 5.74) is 8.14. The van der Waals surface area contributed by atoms with Gasteiger partial charge in [-0.05, 0) is 23.3 Å². The van der Waals surface area contributed by atoms with Crippen LogP contribution >= 0.6 is 0 Å². The van der Waals surface area contributed by atoms with Crippen LogP contribution in [0.15, 0.2) is 48.7 Å². The molecular weight excluding hydrogens is 234 g/mol. The van der Waals surface area contributed by atoms with Gasteiger partial charge in [0.1, 0.15) is 5.82 Å². The Balaban J connectivity index is 2.08. The summed E-state index contributed by atoms with van der Waals surface area (Å²) in [6.07, 6.45) is 1.86. The van der Waals surface area contributed by atoms with E-state index >= 15 is 0 Å². The SMILES string of the molecule is Cc1ncc(CN)n1Cc1cccc2ccccc12. The van der Waals surface area contributed by atoms with Gasteiger partial charge < -0.3 is 10.3 Å². The Bertz CT molecular complexity index is 708.